The minimum Gasteiger partial charge on any atom is -0.453 e. The number of carbonyl (C=O) groups is 1. The normalized spacial score (nSPS) is 11.3. The highest BCUT2D eigenvalue weighted by atomic mass is 16.5. The number of anilines is 1. The second kappa shape index (κ2) is 7.11. The minimum atomic E-state index is -0.672. The molecular weight excluding hydrogens is 344 g/mol. The van der Waals surface area contributed by atoms with Crippen LogP contribution in [0.1, 0.15) is 26.3 Å². The van der Waals surface area contributed by atoms with Gasteiger partial charge in [0.15, 0.2) is 0 Å². The fraction of sp³-hybridized carbons (Fsp3) is 0.250. The van der Waals surface area contributed by atoms with Gasteiger partial charge in [0, 0.05) is 0 Å². The Morgan fingerprint density at radius 2 is 1.89 bits per heavy atom. The number of aromatic nitrogens is 2. The highest BCUT2D eigenvalue weighted by Crippen LogP contribution is 2.26. The molecule has 0 aliphatic carbocycles. The summed E-state index contributed by atoms with van der Waals surface area (Å²) in [6.45, 7) is 6.33. The van der Waals surface area contributed by atoms with Crippen molar-refractivity contribution in [1.82, 2.24) is 9.55 Å². The van der Waals surface area contributed by atoms with Crippen LogP contribution in [-0.4, -0.2) is 28.8 Å². The maximum absolute atomic E-state index is 11.6. The number of para-hydroxylation sites is 2. The summed E-state index contributed by atoms with van der Waals surface area (Å²) in [4.78, 5) is 16.0. The Morgan fingerprint density at radius 1 is 1.15 bits per heavy atom. The van der Waals surface area contributed by atoms with E-state index >= 15 is 0 Å². The summed E-state index contributed by atoms with van der Waals surface area (Å²) in [5, 5.41) is 11.0. The van der Waals surface area contributed by atoms with Crippen LogP contribution in [0.2, 0.25) is 0 Å². The maximum atomic E-state index is 11.6. The van der Waals surface area contributed by atoms with Gasteiger partial charge in [0.05, 0.1) is 18.1 Å². The Bertz CT molecular complexity index is 1000. The first kappa shape index (κ1) is 18.4. The summed E-state index contributed by atoms with van der Waals surface area (Å²) in [5.74, 6) is 0.689. The molecule has 2 N–H and O–H groups in total. The molecule has 0 saturated carbocycles. The van der Waals surface area contributed by atoms with Gasteiger partial charge in [-0.25, -0.2) is 14.3 Å². The molecule has 0 unspecified atom stereocenters. The molecule has 2 aromatic carbocycles. The van der Waals surface area contributed by atoms with E-state index in [1.54, 1.807) is 18.2 Å². The molecule has 140 valence electrons. The number of imidazole rings is 1. The van der Waals surface area contributed by atoms with Crippen molar-refractivity contribution in [2.24, 2.45) is 0 Å². The van der Waals surface area contributed by atoms with Crippen molar-refractivity contribution < 1.29 is 14.3 Å². The van der Waals surface area contributed by atoms with E-state index in [2.05, 4.69) is 35.8 Å². The van der Waals surface area contributed by atoms with Gasteiger partial charge in [0.2, 0.25) is 5.95 Å². The molecule has 3 rings (SSSR count). The molecule has 7 nitrogen and oxygen atoms in total. The topological polar surface area (TPSA) is 89.2 Å². The molecule has 27 heavy (non-hydrogen) atoms. The summed E-state index contributed by atoms with van der Waals surface area (Å²) in [6.07, 6.45) is -0.672. The van der Waals surface area contributed by atoms with Crippen LogP contribution in [0.5, 0.6) is 5.75 Å². The molecule has 0 aliphatic heterocycles. The van der Waals surface area contributed by atoms with E-state index in [4.69, 9.17) is 10.1 Å². The smallest absolute Gasteiger partial charge is 0.413 e. The molecule has 0 saturated heterocycles. The van der Waals surface area contributed by atoms with Crippen molar-refractivity contribution in [2.45, 2.75) is 26.2 Å². The van der Waals surface area contributed by atoms with E-state index in [-0.39, 0.29) is 17.4 Å². The molecule has 0 aliphatic rings. The van der Waals surface area contributed by atoms with Gasteiger partial charge in [-0.3, -0.25) is 10.7 Å². The summed E-state index contributed by atoms with van der Waals surface area (Å²) in [5.41, 5.74) is 2.32. The van der Waals surface area contributed by atoms with E-state index < -0.39 is 6.09 Å². The standard InChI is InChI=1S/C20H22N4O3/c1-20(2,3)13-8-7-9-14(12-13)27-17(21)24-16-11-6-5-10-15(16)22-18(24)23-19(25)26-4/h5-12,21H,1-4H3,(H,22,23,25). The number of nitrogens with one attached hydrogen (secondary N) is 2. The lowest BCUT2D eigenvalue weighted by molar-refractivity contribution is 0.186. The Labute approximate surface area is 157 Å². The highest BCUT2D eigenvalue weighted by Gasteiger charge is 2.19. The third-order valence-corrected chi connectivity index (χ3v) is 4.08. The molecule has 1 heterocycles. The number of rotatable bonds is 2. The largest absolute Gasteiger partial charge is 0.453 e. The number of ether oxygens (including phenoxy) is 2. The Hall–Kier alpha value is -3.35. The van der Waals surface area contributed by atoms with Crippen molar-refractivity contribution in [2.75, 3.05) is 12.4 Å². The molecule has 0 bridgehead atoms. The monoisotopic (exact) mass is 366 g/mol. The lowest BCUT2D eigenvalue weighted by Gasteiger charge is -2.20. The Morgan fingerprint density at radius 3 is 2.59 bits per heavy atom. The molecule has 3 aromatic rings. The van der Waals surface area contributed by atoms with Crippen molar-refractivity contribution in [3.05, 3.63) is 54.1 Å². The van der Waals surface area contributed by atoms with Crippen LogP contribution < -0.4 is 10.1 Å². The van der Waals surface area contributed by atoms with E-state index in [0.29, 0.717) is 16.8 Å². The SMILES string of the molecule is COC(=O)Nc1nc2ccccc2n1C(=N)Oc1cccc(C(C)(C)C)c1. The Balaban J connectivity index is 1.98. The van der Waals surface area contributed by atoms with Crippen LogP contribution >= 0.6 is 0 Å². The van der Waals surface area contributed by atoms with Crippen molar-refractivity contribution in [3.63, 3.8) is 0 Å². The lowest BCUT2D eigenvalue weighted by Crippen LogP contribution is -2.23. The van der Waals surface area contributed by atoms with Crippen molar-refractivity contribution in [3.8, 4) is 5.75 Å². The minimum absolute atomic E-state index is 0.0408. The predicted molar refractivity (Wildman–Crippen MR) is 105 cm³/mol. The van der Waals surface area contributed by atoms with Crippen LogP contribution in [0.25, 0.3) is 11.0 Å². The van der Waals surface area contributed by atoms with E-state index in [1.807, 2.05) is 30.3 Å². The van der Waals surface area contributed by atoms with Gasteiger partial charge in [0.1, 0.15) is 5.75 Å². The second-order valence-corrected chi connectivity index (χ2v) is 7.06. The molecule has 0 atom stereocenters. The first-order valence-electron chi connectivity index (χ1n) is 8.49. The van der Waals surface area contributed by atoms with Gasteiger partial charge in [-0.2, -0.15) is 0 Å². The molecule has 1 aromatic heterocycles. The van der Waals surface area contributed by atoms with Gasteiger partial charge >= 0.3 is 12.1 Å². The van der Waals surface area contributed by atoms with Crippen LogP contribution in [-0.2, 0) is 10.2 Å². The van der Waals surface area contributed by atoms with Gasteiger partial charge in [-0.15, -0.1) is 0 Å². The zero-order chi connectivity index (χ0) is 19.6. The summed E-state index contributed by atoms with van der Waals surface area (Å²) in [6, 6.07) is 14.7. The molecule has 0 fully saturated rings. The fourth-order valence-electron chi connectivity index (χ4n) is 2.64. The summed E-state index contributed by atoms with van der Waals surface area (Å²) < 4.78 is 11.8. The molecule has 0 spiro atoms. The Kier molecular flexibility index (Phi) is 4.85. The van der Waals surface area contributed by atoms with Gasteiger partial charge in [-0.05, 0) is 35.2 Å². The number of hydrogen-bond donors (Lipinski definition) is 2. The van der Waals surface area contributed by atoms with Gasteiger partial charge < -0.3 is 9.47 Å². The number of hydrogen-bond acceptors (Lipinski definition) is 5. The van der Waals surface area contributed by atoms with Crippen LogP contribution in [0.15, 0.2) is 48.5 Å². The van der Waals surface area contributed by atoms with Crippen LogP contribution in [0.4, 0.5) is 10.7 Å². The molecular formula is C20H22N4O3. The number of nitrogens with zero attached hydrogens (tertiary/aromatic N) is 2. The van der Waals surface area contributed by atoms with Crippen LogP contribution in [0.3, 0.4) is 0 Å². The van der Waals surface area contributed by atoms with Crippen molar-refractivity contribution in [1.29, 1.82) is 5.41 Å². The number of amides is 1. The average molecular weight is 366 g/mol. The molecule has 1 amide bonds. The molecule has 0 radical (unpaired) electrons. The number of fused-ring (bicyclic) bond motifs is 1. The number of carbonyl (C=O) groups excluding carboxylic acids is 1. The van der Waals surface area contributed by atoms with Gasteiger partial charge in [0.25, 0.3) is 0 Å². The number of benzene rings is 2. The zero-order valence-corrected chi connectivity index (χ0v) is 15.7. The lowest BCUT2D eigenvalue weighted by atomic mass is 9.87. The highest BCUT2D eigenvalue weighted by molar-refractivity contribution is 5.95. The van der Waals surface area contributed by atoms with Gasteiger partial charge in [-0.1, -0.05) is 45.0 Å². The molecule has 7 heteroatoms. The second-order valence-electron chi connectivity index (χ2n) is 7.06. The van der Waals surface area contributed by atoms with E-state index in [1.165, 1.54) is 11.7 Å². The number of methoxy groups -OCH3 is 1. The first-order chi connectivity index (χ1) is 12.8. The third-order valence-electron chi connectivity index (χ3n) is 4.08. The van der Waals surface area contributed by atoms with E-state index in [0.717, 1.165) is 5.56 Å². The first-order valence-corrected chi connectivity index (χ1v) is 8.49. The zero-order valence-electron chi connectivity index (χ0n) is 15.7. The maximum Gasteiger partial charge on any atom is 0.413 e. The fourth-order valence-corrected chi connectivity index (χ4v) is 2.64. The summed E-state index contributed by atoms with van der Waals surface area (Å²) in [7, 11) is 1.27. The van der Waals surface area contributed by atoms with E-state index in [9.17, 15) is 4.79 Å². The third kappa shape index (κ3) is 3.92. The van der Waals surface area contributed by atoms with Crippen LogP contribution in [0, 0.1) is 5.41 Å². The quantitative estimate of drug-likeness (QED) is 0.520. The summed E-state index contributed by atoms with van der Waals surface area (Å²) >= 11 is 0. The predicted octanol–water partition coefficient (Wildman–Crippen LogP) is 4.37. The van der Waals surface area contributed by atoms with Crippen molar-refractivity contribution >= 4 is 29.1 Å². The average Bonchev–Trinajstić information content (AvgIpc) is 2.98.